The summed E-state index contributed by atoms with van der Waals surface area (Å²) in [4.78, 5) is 27.9. The molecule has 0 radical (unpaired) electrons. The van der Waals surface area contributed by atoms with Crippen molar-refractivity contribution in [1.29, 1.82) is 0 Å². The first-order valence-corrected chi connectivity index (χ1v) is 7.80. The van der Waals surface area contributed by atoms with Crippen molar-refractivity contribution < 1.29 is 18.0 Å². The monoisotopic (exact) mass is 364 g/mol. The molecule has 0 atom stereocenters. The van der Waals surface area contributed by atoms with Gasteiger partial charge in [-0.15, -0.1) is 0 Å². The molecule has 0 unspecified atom stereocenters. The molecule has 1 N–H and O–H groups in total. The predicted octanol–water partition coefficient (Wildman–Crippen LogP) is 1.87. The van der Waals surface area contributed by atoms with E-state index in [1.807, 2.05) is 35.0 Å². The summed E-state index contributed by atoms with van der Waals surface area (Å²) >= 11 is 0. The average molecular weight is 364 g/mol. The van der Waals surface area contributed by atoms with Crippen LogP contribution in [0.1, 0.15) is 11.3 Å². The van der Waals surface area contributed by atoms with Crippen molar-refractivity contribution in [3.63, 3.8) is 0 Å². The Morgan fingerprint density at radius 3 is 2.69 bits per heavy atom. The van der Waals surface area contributed by atoms with Crippen LogP contribution < -0.4 is 10.9 Å². The van der Waals surface area contributed by atoms with Crippen molar-refractivity contribution in [2.75, 3.05) is 6.54 Å². The zero-order valence-corrected chi connectivity index (χ0v) is 13.5. The standard InChI is InChI=1S/C17H15F3N4O2/c18-17(19,20)12-4-5-16(26)24(9-12)11-15(25)21-7-6-13-10-23-8-2-1-3-14(23)22-13/h1-5,8-10H,6-7,11H2,(H,21,25). The SMILES string of the molecule is O=C(Cn1cc(C(F)(F)F)ccc1=O)NCCc1cn2ccccc2n1. The number of aromatic nitrogens is 3. The summed E-state index contributed by atoms with van der Waals surface area (Å²) in [6, 6.07) is 7.07. The maximum absolute atomic E-state index is 12.7. The van der Waals surface area contributed by atoms with E-state index < -0.39 is 29.8 Å². The molecule has 0 spiro atoms. The summed E-state index contributed by atoms with van der Waals surface area (Å²) in [7, 11) is 0. The second-order valence-electron chi connectivity index (χ2n) is 5.68. The van der Waals surface area contributed by atoms with Gasteiger partial charge in [0.15, 0.2) is 0 Å². The number of alkyl halides is 3. The van der Waals surface area contributed by atoms with E-state index in [4.69, 9.17) is 0 Å². The number of imidazole rings is 1. The summed E-state index contributed by atoms with van der Waals surface area (Å²) in [5, 5.41) is 2.58. The van der Waals surface area contributed by atoms with Crippen LogP contribution in [0.3, 0.4) is 0 Å². The van der Waals surface area contributed by atoms with Crippen LogP contribution in [0.4, 0.5) is 13.2 Å². The van der Waals surface area contributed by atoms with Gasteiger partial charge in [-0.1, -0.05) is 6.07 Å². The van der Waals surface area contributed by atoms with E-state index in [0.717, 1.165) is 22.0 Å². The molecule has 1 amide bonds. The van der Waals surface area contributed by atoms with Crippen molar-refractivity contribution in [2.45, 2.75) is 19.1 Å². The molecule has 3 rings (SSSR count). The van der Waals surface area contributed by atoms with Crippen LogP contribution in [0.15, 0.2) is 53.7 Å². The van der Waals surface area contributed by atoms with Gasteiger partial charge in [0.25, 0.3) is 5.56 Å². The van der Waals surface area contributed by atoms with E-state index >= 15 is 0 Å². The Morgan fingerprint density at radius 2 is 1.96 bits per heavy atom. The first kappa shape index (κ1) is 17.7. The minimum Gasteiger partial charge on any atom is -0.354 e. The predicted molar refractivity (Wildman–Crippen MR) is 87.6 cm³/mol. The van der Waals surface area contributed by atoms with E-state index in [9.17, 15) is 22.8 Å². The van der Waals surface area contributed by atoms with Crippen LogP contribution in [0.2, 0.25) is 0 Å². The minimum atomic E-state index is -4.57. The summed E-state index contributed by atoms with van der Waals surface area (Å²) in [5.41, 5.74) is -0.0971. The molecular weight excluding hydrogens is 349 g/mol. The Balaban J connectivity index is 1.58. The maximum Gasteiger partial charge on any atom is 0.417 e. The molecule has 0 saturated heterocycles. The van der Waals surface area contributed by atoms with Gasteiger partial charge < -0.3 is 14.3 Å². The zero-order valence-electron chi connectivity index (χ0n) is 13.5. The molecule has 0 aliphatic heterocycles. The van der Waals surface area contributed by atoms with E-state index in [2.05, 4.69) is 10.3 Å². The topological polar surface area (TPSA) is 68.4 Å². The number of halogens is 3. The van der Waals surface area contributed by atoms with Gasteiger partial charge in [-0.05, 0) is 18.2 Å². The molecule has 0 saturated carbocycles. The number of amides is 1. The minimum absolute atomic E-state index is 0.260. The highest BCUT2D eigenvalue weighted by Gasteiger charge is 2.31. The molecule has 3 aromatic heterocycles. The highest BCUT2D eigenvalue weighted by Crippen LogP contribution is 2.27. The smallest absolute Gasteiger partial charge is 0.354 e. The van der Waals surface area contributed by atoms with Crippen molar-refractivity contribution in [3.8, 4) is 0 Å². The normalized spacial score (nSPS) is 11.7. The van der Waals surface area contributed by atoms with Crippen molar-refractivity contribution in [1.82, 2.24) is 19.3 Å². The first-order chi connectivity index (χ1) is 12.3. The van der Waals surface area contributed by atoms with Gasteiger partial charge in [-0.2, -0.15) is 13.2 Å². The quantitative estimate of drug-likeness (QED) is 0.752. The van der Waals surface area contributed by atoms with Crippen LogP contribution >= 0.6 is 0 Å². The molecule has 6 nitrogen and oxygen atoms in total. The largest absolute Gasteiger partial charge is 0.417 e. The Bertz CT molecular complexity index is 958. The molecule has 0 aliphatic carbocycles. The highest BCUT2D eigenvalue weighted by atomic mass is 19.4. The Hall–Kier alpha value is -3.10. The first-order valence-electron chi connectivity index (χ1n) is 7.80. The lowest BCUT2D eigenvalue weighted by molar-refractivity contribution is -0.138. The van der Waals surface area contributed by atoms with Crippen molar-refractivity contribution in [3.05, 3.63) is 70.5 Å². The molecule has 26 heavy (non-hydrogen) atoms. The fraction of sp³-hybridized carbons (Fsp3) is 0.235. The number of fused-ring (bicyclic) bond motifs is 1. The number of hydrogen-bond acceptors (Lipinski definition) is 3. The van der Waals surface area contributed by atoms with E-state index in [0.29, 0.717) is 18.7 Å². The number of hydrogen-bond donors (Lipinski definition) is 1. The molecule has 0 bridgehead atoms. The molecule has 136 valence electrons. The Labute approximate surface area is 145 Å². The number of carbonyl (C=O) groups excluding carboxylic acids is 1. The zero-order chi connectivity index (χ0) is 18.7. The van der Waals surface area contributed by atoms with Crippen molar-refractivity contribution in [2.24, 2.45) is 0 Å². The second kappa shape index (κ2) is 7.03. The lowest BCUT2D eigenvalue weighted by Crippen LogP contribution is -2.33. The van der Waals surface area contributed by atoms with Crippen LogP contribution in [0, 0.1) is 0 Å². The van der Waals surface area contributed by atoms with Gasteiger partial charge in [0.05, 0.1) is 11.3 Å². The van der Waals surface area contributed by atoms with Crippen molar-refractivity contribution >= 4 is 11.6 Å². The van der Waals surface area contributed by atoms with Gasteiger partial charge >= 0.3 is 6.18 Å². The molecule has 0 aliphatic rings. The van der Waals surface area contributed by atoms with Gasteiger partial charge in [-0.25, -0.2) is 4.98 Å². The molecule has 0 aromatic carbocycles. The van der Waals surface area contributed by atoms with E-state index in [1.54, 1.807) is 0 Å². The molecule has 3 aromatic rings. The van der Waals surface area contributed by atoms with E-state index in [1.165, 1.54) is 0 Å². The average Bonchev–Trinajstić information content (AvgIpc) is 2.98. The highest BCUT2D eigenvalue weighted by molar-refractivity contribution is 5.75. The maximum atomic E-state index is 12.7. The number of rotatable bonds is 5. The third-order valence-electron chi connectivity index (χ3n) is 3.74. The Kier molecular flexibility index (Phi) is 4.79. The molecular formula is C17H15F3N4O2. The third kappa shape index (κ3) is 4.11. The van der Waals surface area contributed by atoms with Gasteiger partial charge in [0, 0.05) is 37.6 Å². The van der Waals surface area contributed by atoms with Crippen LogP contribution in [-0.4, -0.2) is 26.4 Å². The summed E-state index contributed by atoms with van der Waals surface area (Å²) < 4.78 is 40.7. The summed E-state index contributed by atoms with van der Waals surface area (Å²) in [6.45, 7) is -0.218. The number of nitrogens with one attached hydrogen (secondary N) is 1. The van der Waals surface area contributed by atoms with Gasteiger partial charge in [0.2, 0.25) is 5.91 Å². The fourth-order valence-corrected chi connectivity index (χ4v) is 2.47. The van der Waals surface area contributed by atoms with Crippen LogP contribution in [0.25, 0.3) is 5.65 Å². The summed E-state index contributed by atoms with van der Waals surface area (Å²) in [5.74, 6) is -0.546. The van der Waals surface area contributed by atoms with Crippen LogP contribution in [0.5, 0.6) is 0 Å². The van der Waals surface area contributed by atoms with Gasteiger partial charge in [-0.3, -0.25) is 9.59 Å². The molecule has 0 fully saturated rings. The van der Waals surface area contributed by atoms with E-state index in [-0.39, 0.29) is 6.54 Å². The number of nitrogens with zero attached hydrogens (tertiary/aromatic N) is 3. The number of pyridine rings is 2. The van der Waals surface area contributed by atoms with Crippen LogP contribution in [-0.2, 0) is 23.9 Å². The molecule has 3 heterocycles. The lowest BCUT2D eigenvalue weighted by atomic mass is 10.2. The third-order valence-corrected chi connectivity index (χ3v) is 3.74. The van der Waals surface area contributed by atoms with Gasteiger partial charge in [0.1, 0.15) is 12.2 Å². The summed E-state index contributed by atoms with van der Waals surface area (Å²) in [6.07, 6.45) is 0.216. The number of carbonyl (C=O) groups is 1. The fourth-order valence-electron chi connectivity index (χ4n) is 2.47. The molecule has 9 heteroatoms. The Morgan fingerprint density at radius 1 is 1.15 bits per heavy atom. The lowest BCUT2D eigenvalue weighted by Gasteiger charge is -2.10. The second-order valence-corrected chi connectivity index (χ2v) is 5.68.